The van der Waals surface area contributed by atoms with Crippen LogP contribution in [-0.4, -0.2) is 4.43 Å². The van der Waals surface area contributed by atoms with Gasteiger partial charge in [-0.05, 0) is 0 Å². The van der Waals surface area contributed by atoms with Gasteiger partial charge >= 0.3 is 0 Å². The predicted octanol–water partition coefficient (Wildman–Crippen LogP) is 1.60. The summed E-state index contributed by atoms with van der Waals surface area (Å²) in [6, 6.07) is 0. The summed E-state index contributed by atoms with van der Waals surface area (Å²) in [5.41, 5.74) is 0. The van der Waals surface area contributed by atoms with Gasteiger partial charge in [0.2, 0.25) is 0 Å². The molecule has 0 aliphatic carbocycles. The van der Waals surface area contributed by atoms with Crippen LogP contribution in [0.1, 0.15) is 0 Å². The first-order valence-electron chi connectivity index (χ1n) is 1.08. The van der Waals surface area contributed by atoms with E-state index in [1.165, 1.54) is 0 Å². The Morgan fingerprint density at radius 1 is 1.80 bits per heavy atom. The van der Waals surface area contributed by atoms with E-state index >= 15 is 0 Å². The van der Waals surface area contributed by atoms with Gasteiger partial charge in [0.25, 0.3) is 0 Å². The summed E-state index contributed by atoms with van der Waals surface area (Å²) in [5.74, 6) is 0. The fourth-order valence-corrected chi connectivity index (χ4v) is 0. The predicted molar refractivity (Wildman–Crippen MR) is 29.1 cm³/mol. The molecule has 26 valence electrons. The number of hydrogen-bond acceptors (Lipinski definition) is 0. The first-order chi connectivity index (χ1) is 1.91. The van der Waals surface area contributed by atoms with Crippen LogP contribution in [-0.2, 0) is 19.5 Å². The second-order valence-electron chi connectivity index (χ2n) is 0.443. The summed E-state index contributed by atoms with van der Waals surface area (Å²) in [6.45, 7) is 3.47. The molecule has 0 nitrogen and oxygen atoms in total. The maximum absolute atomic E-state index is 3.47. The maximum Gasteiger partial charge on any atom is 0.0173 e. The molecule has 0 aromatic heterocycles. The second-order valence-corrected chi connectivity index (χ2v) is 1.32. The molecule has 0 spiro atoms. The van der Waals surface area contributed by atoms with Crippen molar-refractivity contribution < 1.29 is 19.5 Å². The minimum atomic E-state index is 0. The van der Waals surface area contributed by atoms with Gasteiger partial charge in [-0.3, -0.25) is 0 Å². The van der Waals surface area contributed by atoms with Crippen LogP contribution in [0.2, 0.25) is 0 Å². The minimum absolute atomic E-state index is 0. The Bertz CT molecular complexity index is 20.9. The van der Waals surface area contributed by atoms with Crippen LogP contribution in [0.15, 0.2) is 12.7 Å². The third-order valence-electron chi connectivity index (χ3n) is 0.109. The summed E-state index contributed by atoms with van der Waals surface area (Å²) in [6.07, 6.45) is 1.86. The first kappa shape index (κ1) is 9.43. The summed E-state index contributed by atoms with van der Waals surface area (Å²) in [7, 11) is 0. The number of halogens is 1. The van der Waals surface area contributed by atoms with Crippen molar-refractivity contribution in [2.75, 3.05) is 4.43 Å². The Labute approximate surface area is 58.9 Å². The quantitative estimate of drug-likeness (QED) is 0.279. The van der Waals surface area contributed by atoms with Crippen molar-refractivity contribution in [3.63, 3.8) is 0 Å². The van der Waals surface area contributed by atoms with Gasteiger partial charge in [-0.25, -0.2) is 0 Å². The summed E-state index contributed by atoms with van der Waals surface area (Å²) < 4.78 is 1.05. The zero-order valence-electron chi connectivity index (χ0n) is 3.08. The fraction of sp³-hybridized carbons (Fsp3) is 0.333. The number of allylic oxidation sites excluding steroid dienone is 1. The van der Waals surface area contributed by atoms with Crippen LogP contribution < -0.4 is 0 Å². The van der Waals surface area contributed by atoms with Crippen molar-refractivity contribution in [3.8, 4) is 0 Å². The van der Waals surface area contributed by atoms with Crippen LogP contribution in [0, 0.1) is 0 Å². The van der Waals surface area contributed by atoms with Crippen molar-refractivity contribution in [2.45, 2.75) is 0 Å². The van der Waals surface area contributed by atoms with Gasteiger partial charge in [-0.1, -0.05) is 28.7 Å². The molecule has 0 atom stereocenters. The smallest absolute Gasteiger partial charge is 0.0173 e. The van der Waals surface area contributed by atoms with Gasteiger partial charge in [0, 0.05) is 23.9 Å². The summed E-state index contributed by atoms with van der Waals surface area (Å²) in [4.78, 5) is 0. The molecule has 0 aromatic carbocycles. The number of alkyl halides is 1. The fourth-order valence-electron chi connectivity index (χ4n) is 0. The van der Waals surface area contributed by atoms with E-state index in [1.54, 1.807) is 0 Å². The zero-order valence-corrected chi connectivity index (χ0v) is 8.20. The van der Waals surface area contributed by atoms with Crippen molar-refractivity contribution in [3.05, 3.63) is 12.7 Å². The largest absolute Gasteiger partial charge is 0.102 e. The van der Waals surface area contributed by atoms with Crippen molar-refractivity contribution in [2.24, 2.45) is 0 Å². The average molecular weight is 233 g/mol. The molecule has 0 aliphatic rings. The second kappa shape index (κ2) is 8.92. The molecule has 0 aromatic rings. The van der Waals surface area contributed by atoms with Crippen molar-refractivity contribution in [1.29, 1.82) is 0 Å². The first-order valence-corrected chi connectivity index (χ1v) is 2.61. The van der Waals surface area contributed by atoms with Crippen LogP contribution >= 0.6 is 22.6 Å². The molecule has 0 aliphatic heterocycles. The third kappa shape index (κ3) is 11.1. The van der Waals surface area contributed by atoms with E-state index < -0.39 is 0 Å². The van der Waals surface area contributed by atoms with Gasteiger partial charge in [-0.2, -0.15) is 0 Å². The van der Waals surface area contributed by atoms with Gasteiger partial charge in [-0.15, -0.1) is 6.58 Å². The molecule has 0 N–H and O–H groups in total. The van der Waals surface area contributed by atoms with Crippen LogP contribution in [0.25, 0.3) is 0 Å². The molecule has 0 radical (unpaired) electrons. The Morgan fingerprint density at radius 3 is 2.00 bits per heavy atom. The van der Waals surface area contributed by atoms with Crippen molar-refractivity contribution >= 4 is 22.6 Å². The van der Waals surface area contributed by atoms with Crippen LogP contribution in [0.4, 0.5) is 0 Å². The van der Waals surface area contributed by atoms with Crippen LogP contribution in [0.5, 0.6) is 0 Å². The Hall–Kier alpha value is 1.09. The monoisotopic (exact) mass is 232 g/mol. The molecule has 0 fully saturated rings. The van der Waals surface area contributed by atoms with E-state index in [0.717, 1.165) is 4.43 Å². The van der Waals surface area contributed by atoms with Crippen LogP contribution in [0.3, 0.4) is 0 Å². The molecule has 5 heavy (non-hydrogen) atoms. The molecule has 0 saturated carbocycles. The molecular weight excluding hydrogens is 228 g/mol. The molecule has 2 heteroatoms. The van der Waals surface area contributed by atoms with E-state index in [4.69, 9.17) is 0 Å². The minimum Gasteiger partial charge on any atom is -0.102 e. The molecular formula is C3H5IZn. The summed E-state index contributed by atoms with van der Waals surface area (Å²) >= 11 is 2.23. The molecule has 0 unspecified atom stereocenters. The normalized spacial score (nSPS) is 5.00. The molecule has 0 saturated heterocycles. The third-order valence-corrected chi connectivity index (χ3v) is 0.732. The topological polar surface area (TPSA) is 0 Å². The van der Waals surface area contributed by atoms with Gasteiger partial charge in [0.05, 0.1) is 0 Å². The van der Waals surface area contributed by atoms with E-state index in [-0.39, 0.29) is 19.5 Å². The molecule has 0 rings (SSSR count). The van der Waals surface area contributed by atoms with E-state index in [0.29, 0.717) is 0 Å². The van der Waals surface area contributed by atoms with Gasteiger partial charge in [0.1, 0.15) is 0 Å². The molecule has 0 amide bonds. The molecule has 0 bridgehead atoms. The Kier molecular flexibility index (Phi) is 16.8. The van der Waals surface area contributed by atoms with E-state index in [9.17, 15) is 0 Å². The maximum atomic E-state index is 3.47. The number of rotatable bonds is 1. The van der Waals surface area contributed by atoms with E-state index in [1.807, 2.05) is 6.08 Å². The van der Waals surface area contributed by atoms with Crippen molar-refractivity contribution in [1.82, 2.24) is 0 Å². The SMILES string of the molecule is C=CCI.[Zn]. The standard InChI is InChI=1S/C3H5I.Zn/c1-2-3-4;/h2H,1,3H2;. The Morgan fingerprint density at radius 2 is 2.00 bits per heavy atom. The molecule has 0 heterocycles. The van der Waals surface area contributed by atoms with Gasteiger partial charge in [0.15, 0.2) is 0 Å². The summed E-state index contributed by atoms with van der Waals surface area (Å²) in [5, 5.41) is 0. The average Bonchev–Trinajstić information content (AvgIpc) is 1.37. The zero-order chi connectivity index (χ0) is 3.41. The van der Waals surface area contributed by atoms with E-state index in [2.05, 4.69) is 29.2 Å². The number of hydrogen-bond donors (Lipinski definition) is 0. The Balaban J connectivity index is 0. The van der Waals surface area contributed by atoms with Gasteiger partial charge < -0.3 is 0 Å².